The number of ether oxygens (including phenoxy) is 1. The molecule has 1 fully saturated rings. The largest absolute Gasteiger partial charge is 0.433 e. The predicted octanol–water partition coefficient (Wildman–Crippen LogP) is 5.29. The standard InChI is InChI=1S/C27H31FN4O2S/c1-18(16-28)34-27-31-24-17-32(15-12-25(24)35-27)14-11-19-7-9-20(10-8-19)30-26(33)22-4-2-6-23-21(22)5-3-13-29-23/h2-6,13,19-20H,1,7-12,14-17H2,(H,30,33). The van der Waals surface area contributed by atoms with E-state index in [-0.39, 0.29) is 17.7 Å². The molecular weight excluding hydrogens is 463 g/mol. The molecule has 2 aliphatic rings. The molecule has 3 heterocycles. The first-order valence-electron chi connectivity index (χ1n) is 12.4. The van der Waals surface area contributed by atoms with E-state index in [9.17, 15) is 9.18 Å². The van der Waals surface area contributed by atoms with Crippen LogP contribution in [-0.2, 0) is 13.0 Å². The molecule has 0 saturated heterocycles. The minimum Gasteiger partial charge on any atom is -0.433 e. The Morgan fingerprint density at radius 3 is 2.91 bits per heavy atom. The lowest BCUT2D eigenvalue weighted by Crippen LogP contribution is -2.38. The number of carbonyl (C=O) groups is 1. The molecule has 1 amide bonds. The highest BCUT2D eigenvalue weighted by Crippen LogP contribution is 2.32. The number of rotatable bonds is 8. The molecule has 1 N–H and O–H groups in total. The van der Waals surface area contributed by atoms with Crippen molar-refractivity contribution in [2.75, 3.05) is 19.8 Å². The zero-order chi connectivity index (χ0) is 24.2. The van der Waals surface area contributed by atoms with Crippen molar-refractivity contribution in [2.45, 2.75) is 51.1 Å². The van der Waals surface area contributed by atoms with Crippen LogP contribution < -0.4 is 10.1 Å². The van der Waals surface area contributed by atoms with E-state index in [1.807, 2.05) is 30.3 Å². The molecule has 1 saturated carbocycles. The van der Waals surface area contributed by atoms with Crippen molar-refractivity contribution < 1.29 is 13.9 Å². The third-order valence-corrected chi connectivity index (χ3v) is 8.13. The predicted molar refractivity (Wildman–Crippen MR) is 136 cm³/mol. The Morgan fingerprint density at radius 1 is 1.23 bits per heavy atom. The number of hydrogen-bond acceptors (Lipinski definition) is 6. The quantitative estimate of drug-likeness (QED) is 0.431. The molecule has 3 aromatic rings. The molecule has 0 unspecified atom stereocenters. The fourth-order valence-corrected chi connectivity index (χ4v) is 6.09. The van der Waals surface area contributed by atoms with Crippen LogP contribution in [0.5, 0.6) is 5.19 Å². The van der Waals surface area contributed by atoms with Crippen LogP contribution in [0, 0.1) is 5.92 Å². The second kappa shape index (κ2) is 10.8. The summed E-state index contributed by atoms with van der Waals surface area (Å²) in [6.45, 7) is 5.75. The normalized spacial score (nSPS) is 20.4. The first-order chi connectivity index (χ1) is 17.1. The van der Waals surface area contributed by atoms with Gasteiger partial charge in [0.15, 0.2) is 0 Å². The van der Waals surface area contributed by atoms with E-state index >= 15 is 0 Å². The van der Waals surface area contributed by atoms with Crippen LogP contribution in [0.3, 0.4) is 0 Å². The maximum atomic E-state index is 12.9. The number of carbonyl (C=O) groups excluding carboxylic acids is 1. The Labute approximate surface area is 209 Å². The van der Waals surface area contributed by atoms with E-state index in [1.165, 1.54) is 16.2 Å². The lowest BCUT2D eigenvalue weighted by molar-refractivity contribution is 0.0921. The van der Waals surface area contributed by atoms with E-state index in [2.05, 4.69) is 26.8 Å². The smallest absolute Gasteiger partial charge is 0.278 e. The summed E-state index contributed by atoms with van der Waals surface area (Å²) >= 11 is 1.51. The van der Waals surface area contributed by atoms with Crippen molar-refractivity contribution in [3.05, 3.63) is 65.0 Å². The number of fused-ring (bicyclic) bond motifs is 2. The highest BCUT2D eigenvalue weighted by molar-refractivity contribution is 7.13. The van der Waals surface area contributed by atoms with Crippen molar-refractivity contribution in [2.24, 2.45) is 5.92 Å². The Bertz CT molecular complexity index is 1200. The second-order valence-corrected chi connectivity index (χ2v) is 10.6. The van der Waals surface area contributed by atoms with Crippen LogP contribution in [0.25, 0.3) is 10.9 Å². The number of hydrogen-bond donors (Lipinski definition) is 1. The number of allylic oxidation sites excluding steroid dienone is 1. The highest BCUT2D eigenvalue weighted by Gasteiger charge is 2.26. The molecule has 184 valence electrons. The van der Waals surface area contributed by atoms with Crippen LogP contribution in [0.15, 0.2) is 48.9 Å². The van der Waals surface area contributed by atoms with Gasteiger partial charge in [-0.2, -0.15) is 0 Å². The zero-order valence-electron chi connectivity index (χ0n) is 19.8. The Morgan fingerprint density at radius 2 is 2.09 bits per heavy atom. The van der Waals surface area contributed by atoms with Gasteiger partial charge < -0.3 is 10.1 Å². The number of nitrogens with zero attached hydrogens (tertiary/aromatic N) is 3. The molecule has 1 aromatic carbocycles. The third-order valence-electron chi connectivity index (χ3n) is 7.09. The van der Waals surface area contributed by atoms with Crippen LogP contribution >= 0.6 is 11.3 Å². The molecule has 0 atom stereocenters. The summed E-state index contributed by atoms with van der Waals surface area (Å²) in [5.41, 5.74) is 2.60. The second-order valence-electron chi connectivity index (χ2n) is 9.51. The SMILES string of the molecule is C=C(CF)Oc1nc2c(s1)CCN(CCC1CCC(NC(=O)c3cccc4ncccc34)CC1)C2. The van der Waals surface area contributed by atoms with Gasteiger partial charge in [0.05, 0.1) is 11.2 Å². The molecule has 0 spiro atoms. The summed E-state index contributed by atoms with van der Waals surface area (Å²) in [5, 5.41) is 4.66. The number of benzene rings is 1. The van der Waals surface area contributed by atoms with Crippen molar-refractivity contribution in [1.29, 1.82) is 0 Å². The van der Waals surface area contributed by atoms with Gasteiger partial charge in [0.25, 0.3) is 11.1 Å². The molecule has 0 radical (unpaired) electrons. The number of pyridine rings is 1. The Balaban J connectivity index is 1.07. The third kappa shape index (κ3) is 5.70. The monoisotopic (exact) mass is 494 g/mol. The van der Waals surface area contributed by atoms with Gasteiger partial charge in [-0.25, -0.2) is 9.37 Å². The molecule has 5 rings (SSSR count). The van der Waals surface area contributed by atoms with E-state index in [1.54, 1.807) is 6.20 Å². The number of halogens is 1. The van der Waals surface area contributed by atoms with Gasteiger partial charge in [0, 0.05) is 41.2 Å². The fraction of sp³-hybridized carbons (Fsp3) is 0.444. The lowest BCUT2D eigenvalue weighted by Gasteiger charge is -2.32. The number of amides is 1. The molecule has 6 nitrogen and oxygen atoms in total. The van der Waals surface area contributed by atoms with E-state index < -0.39 is 6.67 Å². The summed E-state index contributed by atoms with van der Waals surface area (Å²) in [7, 11) is 0. The summed E-state index contributed by atoms with van der Waals surface area (Å²) in [6.07, 6.45) is 8.20. The van der Waals surface area contributed by atoms with Crippen molar-refractivity contribution >= 4 is 28.1 Å². The van der Waals surface area contributed by atoms with Gasteiger partial charge in [-0.3, -0.25) is 14.7 Å². The molecule has 35 heavy (non-hydrogen) atoms. The summed E-state index contributed by atoms with van der Waals surface area (Å²) < 4.78 is 18.0. The average Bonchev–Trinajstić information content (AvgIpc) is 3.29. The summed E-state index contributed by atoms with van der Waals surface area (Å²) in [6, 6.07) is 9.77. The van der Waals surface area contributed by atoms with Crippen LogP contribution in [0.1, 0.15) is 53.0 Å². The molecular formula is C27H31FN4O2S. The minimum atomic E-state index is -0.692. The highest BCUT2D eigenvalue weighted by atomic mass is 32.1. The van der Waals surface area contributed by atoms with Gasteiger partial charge in [0.2, 0.25) is 0 Å². The van der Waals surface area contributed by atoms with E-state index in [4.69, 9.17) is 4.74 Å². The zero-order valence-corrected chi connectivity index (χ0v) is 20.7. The van der Waals surface area contributed by atoms with Gasteiger partial charge >= 0.3 is 0 Å². The van der Waals surface area contributed by atoms with Crippen molar-refractivity contribution in [3.8, 4) is 5.19 Å². The van der Waals surface area contributed by atoms with E-state index in [0.717, 1.165) is 74.8 Å². The molecule has 1 aliphatic carbocycles. The number of thiazole rings is 1. The van der Waals surface area contributed by atoms with Gasteiger partial charge in [-0.05, 0) is 69.2 Å². The fourth-order valence-electron chi connectivity index (χ4n) is 5.14. The maximum Gasteiger partial charge on any atom is 0.278 e. The number of alkyl halides is 1. The number of nitrogens with one attached hydrogen (secondary N) is 1. The lowest BCUT2D eigenvalue weighted by atomic mass is 9.84. The van der Waals surface area contributed by atoms with Crippen LogP contribution in [0.4, 0.5) is 4.39 Å². The Hall–Kier alpha value is -2.84. The maximum absolute atomic E-state index is 12.9. The van der Waals surface area contributed by atoms with E-state index in [0.29, 0.717) is 16.7 Å². The Kier molecular flexibility index (Phi) is 7.39. The minimum absolute atomic E-state index is 0.00197. The van der Waals surface area contributed by atoms with Crippen LogP contribution in [0.2, 0.25) is 0 Å². The first-order valence-corrected chi connectivity index (χ1v) is 13.2. The van der Waals surface area contributed by atoms with Gasteiger partial charge in [-0.1, -0.05) is 30.0 Å². The number of aromatic nitrogens is 2. The van der Waals surface area contributed by atoms with Crippen LogP contribution in [-0.4, -0.2) is 46.6 Å². The molecule has 1 aliphatic heterocycles. The molecule has 2 aromatic heterocycles. The summed E-state index contributed by atoms with van der Waals surface area (Å²) in [4.78, 5) is 25.5. The molecule has 8 heteroatoms. The van der Waals surface area contributed by atoms with Gasteiger partial charge in [-0.15, -0.1) is 0 Å². The summed E-state index contributed by atoms with van der Waals surface area (Å²) in [5.74, 6) is 0.792. The molecule has 0 bridgehead atoms. The van der Waals surface area contributed by atoms with Gasteiger partial charge in [0.1, 0.15) is 12.4 Å². The first kappa shape index (κ1) is 23.9. The van der Waals surface area contributed by atoms with Crippen molar-refractivity contribution in [3.63, 3.8) is 0 Å². The van der Waals surface area contributed by atoms with Crippen molar-refractivity contribution in [1.82, 2.24) is 20.2 Å². The average molecular weight is 495 g/mol. The topological polar surface area (TPSA) is 67.3 Å².